The Balaban J connectivity index is 1.61. The van der Waals surface area contributed by atoms with E-state index in [1.165, 1.54) is 10.4 Å². The van der Waals surface area contributed by atoms with Crippen LogP contribution in [0.25, 0.3) is 0 Å². The van der Waals surface area contributed by atoms with Crippen molar-refractivity contribution in [2.24, 2.45) is 17.8 Å². The Hall–Kier alpha value is -1.36. The van der Waals surface area contributed by atoms with Gasteiger partial charge in [0.05, 0.1) is 5.92 Å². The summed E-state index contributed by atoms with van der Waals surface area (Å²) >= 11 is 1.74. The van der Waals surface area contributed by atoms with Gasteiger partial charge >= 0.3 is 5.97 Å². The van der Waals surface area contributed by atoms with Gasteiger partial charge in [0.2, 0.25) is 5.91 Å². The fourth-order valence-electron chi connectivity index (χ4n) is 3.47. The van der Waals surface area contributed by atoms with Crippen molar-refractivity contribution in [3.63, 3.8) is 0 Å². The summed E-state index contributed by atoms with van der Waals surface area (Å²) in [6.45, 7) is 5.22. The molecule has 1 saturated carbocycles. The van der Waals surface area contributed by atoms with E-state index in [0.29, 0.717) is 25.4 Å². The minimum atomic E-state index is -0.729. The predicted octanol–water partition coefficient (Wildman–Crippen LogP) is 2.73. The highest BCUT2D eigenvalue weighted by atomic mass is 32.1. The fourth-order valence-corrected chi connectivity index (χ4v) is 4.58. The molecule has 1 aliphatic carbocycles. The van der Waals surface area contributed by atoms with Gasteiger partial charge in [-0.3, -0.25) is 9.59 Å². The Morgan fingerprint density at radius 1 is 1.38 bits per heavy atom. The molecule has 1 amide bonds. The number of hydrogen-bond acceptors (Lipinski definition) is 3. The van der Waals surface area contributed by atoms with Gasteiger partial charge in [0.1, 0.15) is 0 Å². The lowest BCUT2D eigenvalue weighted by Gasteiger charge is -2.35. The van der Waals surface area contributed by atoms with Crippen molar-refractivity contribution in [2.45, 2.75) is 32.6 Å². The van der Waals surface area contributed by atoms with Crippen molar-refractivity contribution in [1.82, 2.24) is 4.90 Å². The summed E-state index contributed by atoms with van der Waals surface area (Å²) in [6, 6.07) is 2.11. The first-order valence-corrected chi connectivity index (χ1v) is 8.42. The van der Waals surface area contributed by atoms with Crippen LogP contribution in [0.2, 0.25) is 0 Å². The fraction of sp³-hybridized carbons (Fsp3) is 0.625. The molecule has 114 valence electrons. The quantitative estimate of drug-likeness (QED) is 0.934. The minimum absolute atomic E-state index is 0.0425. The second kappa shape index (κ2) is 5.44. The van der Waals surface area contributed by atoms with E-state index in [9.17, 15) is 9.59 Å². The number of carboxylic acid groups (broad SMARTS) is 1. The second-order valence-corrected chi connectivity index (χ2v) is 7.36. The molecule has 21 heavy (non-hydrogen) atoms. The maximum Gasteiger partial charge on any atom is 0.306 e. The number of rotatable bonds is 3. The summed E-state index contributed by atoms with van der Waals surface area (Å²) in [7, 11) is 0. The Morgan fingerprint density at radius 3 is 2.71 bits per heavy atom. The van der Waals surface area contributed by atoms with Crippen LogP contribution in [0.1, 0.15) is 36.1 Å². The molecule has 5 heteroatoms. The third-order valence-corrected chi connectivity index (χ3v) is 6.03. The van der Waals surface area contributed by atoms with Gasteiger partial charge in [-0.2, -0.15) is 0 Å². The van der Waals surface area contributed by atoms with Crippen molar-refractivity contribution < 1.29 is 14.7 Å². The minimum Gasteiger partial charge on any atom is -0.481 e. The van der Waals surface area contributed by atoms with Crippen LogP contribution in [0.3, 0.4) is 0 Å². The van der Waals surface area contributed by atoms with Crippen molar-refractivity contribution in [3.8, 4) is 0 Å². The highest BCUT2D eigenvalue weighted by Gasteiger charge is 2.48. The average molecular weight is 307 g/mol. The maximum atomic E-state index is 12.6. The van der Waals surface area contributed by atoms with Gasteiger partial charge in [-0.1, -0.05) is 6.92 Å². The topological polar surface area (TPSA) is 57.6 Å². The zero-order valence-electron chi connectivity index (χ0n) is 12.4. The predicted molar refractivity (Wildman–Crippen MR) is 81.4 cm³/mol. The molecule has 4 unspecified atom stereocenters. The molecule has 2 heterocycles. The van der Waals surface area contributed by atoms with Gasteiger partial charge in [-0.05, 0) is 42.7 Å². The average Bonchev–Trinajstić information content (AvgIpc) is 3.12. The number of carboxylic acids is 1. The highest BCUT2D eigenvalue weighted by Crippen LogP contribution is 2.51. The largest absolute Gasteiger partial charge is 0.481 e. The smallest absolute Gasteiger partial charge is 0.306 e. The number of hydrogen-bond donors (Lipinski definition) is 1. The Morgan fingerprint density at radius 2 is 2.14 bits per heavy atom. The molecule has 1 saturated heterocycles. The number of thiophene rings is 1. The van der Waals surface area contributed by atoms with E-state index in [2.05, 4.69) is 18.4 Å². The van der Waals surface area contributed by atoms with Crippen molar-refractivity contribution in [2.75, 3.05) is 13.1 Å². The Bertz CT molecular complexity index is 568. The van der Waals surface area contributed by atoms with Crippen LogP contribution < -0.4 is 0 Å². The van der Waals surface area contributed by atoms with E-state index in [1.54, 1.807) is 11.3 Å². The molecule has 2 fully saturated rings. The molecule has 4 nitrogen and oxygen atoms in total. The second-order valence-electron chi connectivity index (χ2n) is 6.41. The summed E-state index contributed by atoms with van der Waals surface area (Å²) in [5.41, 5.74) is 1.29. The van der Waals surface area contributed by atoms with Crippen molar-refractivity contribution in [1.29, 1.82) is 0 Å². The van der Waals surface area contributed by atoms with Gasteiger partial charge in [0.15, 0.2) is 0 Å². The normalized spacial score (nSPS) is 32.0. The first kappa shape index (κ1) is 14.6. The molecular weight excluding hydrogens is 286 g/mol. The lowest BCUT2D eigenvalue weighted by molar-refractivity contribution is -0.148. The number of carbonyl (C=O) groups is 2. The van der Waals surface area contributed by atoms with Crippen LogP contribution in [-0.2, 0) is 9.59 Å². The molecule has 0 radical (unpaired) electrons. The van der Waals surface area contributed by atoms with E-state index in [-0.39, 0.29) is 23.7 Å². The summed E-state index contributed by atoms with van der Waals surface area (Å²) in [6.07, 6.45) is 1.53. The summed E-state index contributed by atoms with van der Waals surface area (Å²) in [5.74, 6) is -0.248. The molecular formula is C16H21NO3S. The van der Waals surface area contributed by atoms with Crippen LogP contribution >= 0.6 is 11.3 Å². The molecule has 1 aliphatic heterocycles. The van der Waals surface area contributed by atoms with Gasteiger partial charge in [-0.25, -0.2) is 0 Å². The van der Waals surface area contributed by atoms with Gasteiger partial charge in [0, 0.05) is 29.8 Å². The highest BCUT2D eigenvalue weighted by molar-refractivity contribution is 7.10. The Labute approximate surface area is 128 Å². The SMILES string of the molecule is Cc1ccsc1C1CC1C(=O)N1CCC(C(=O)O)C(C)C1. The molecule has 1 aromatic rings. The van der Waals surface area contributed by atoms with Crippen LogP contribution in [0.4, 0.5) is 0 Å². The monoisotopic (exact) mass is 307 g/mol. The van der Waals surface area contributed by atoms with E-state index >= 15 is 0 Å². The molecule has 0 bridgehead atoms. The maximum absolute atomic E-state index is 12.6. The zero-order valence-corrected chi connectivity index (χ0v) is 13.2. The first-order chi connectivity index (χ1) is 9.99. The van der Waals surface area contributed by atoms with Crippen molar-refractivity contribution >= 4 is 23.2 Å². The van der Waals surface area contributed by atoms with Crippen LogP contribution in [-0.4, -0.2) is 35.0 Å². The number of carbonyl (C=O) groups excluding carboxylic acids is 1. The molecule has 4 atom stereocenters. The number of amides is 1. The van der Waals surface area contributed by atoms with Crippen molar-refractivity contribution in [3.05, 3.63) is 21.9 Å². The van der Waals surface area contributed by atoms with E-state index < -0.39 is 5.97 Å². The molecule has 0 aromatic carbocycles. The lowest BCUT2D eigenvalue weighted by Crippen LogP contribution is -2.45. The molecule has 1 N–H and O–H groups in total. The van der Waals surface area contributed by atoms with Crippen LogP contribution in [0, 0.1) is 24.7 Å². The van der Waals surface area contributed by atoms with E-state index in [1.807, 2.05) is 11.8 Å². The Kier molecular flexibility index (Phi) is 3.78. The first-order valence-electron chi connectivity index (χ1n) is 7.54. The summed E-state index contributed by atoms with van der Waals surface area (Å²) in [4.78, 5) is 26.9. The number of aliphatic carboxylic acids is 1. The molecule has 1 aromatic heterocycles. The number of likely N-dealkylation sites (tertiary alicyclic amines) is 1. The van der Waals surface area contributed by atoms with Gasteiger partial charge < -0.3 is 10.0 Å². The summed E-state index contributed by atoms with van der Waals surface area (Å²) in [5, 5.41) is 11.2. The lowest BCUT2D eigenvalue weighted by atomic mass is 9.87. The molecule has 2 aliphatic rings. The van der Waals surface area contributed by atoms with Gasteiger partial charge in [0.25, 0.3) is 0 Å². The van der Waals surface area contributed by atoms with E-state index in [0.717, 1.165) is 6.42 Å². The van der Waals surface area contributed by atoms with Gasteiger partial charge in [-0.15, -0.1) is 11.3 Å². The van der Waals surface area contributed by atoms with E-state index in [4.69, 9.17) is 5.11 Å². The number of piperidine rings is 1. The molecule has 0 spiro atoms. The van der Waals surface area contributed by atoms with Crippen LogP contribution in [0.5, 0.6) is 0 Å². The third-order valence-electron chi connectivity index (χ3n) is 4.88. The zero-order chi connectivity index (χ0) is 15.1. The molecule has 3 rings (SSSR count). The third kappa shape index (κ3) is 2.71. The number of nitrogens with zero attached hydrogens (tertiary/aromatic N) is 1. The summed E-state index contributed by atoms with van der Waals surface area (Å²) < 4.78 is 0. The number of aryl methyl sites for hydroxylation is 1. The standard InChI is InChI=1S/C16H21NO3S/c1-9-4-6-21-14(9)12-7-13(12)15(18)17-5-3-11(16(19)20)10(2)8-17/h4,6,10-13H,3,5,7-8H2,1-2H3,(H,19,20). The van der Waals surface area contributed by atoms with Crippen LogP contribution in [0.15, 0.2) is 11.4 Å².